The van der Waals surface area contributed by atoms with Crippen molar-refractivity contribution in [2.75, 3.05) is 50.4 Å². The minimum absolute atomic E-state index is 0.0327. The molecule has 0 atom stereocenters. The van der Waals surface area contributed by atoms with Gasteiger partial charge in [-0.25, -0.2) is 8.42 Å². The van der Waals surface area contributed by atoms with Crippen LogP contribution in [0.15, 0.2) is 47.4 Å². The predicted molar refractivity (Wildman–Crippen MR) is 118 cm³/mol. The quantitative estimate of drug-likeness (QED) is 0.701. The van der Waals surface area contributed by atoms with E-state index in [-0.39, 0.29) is 22.4 Å². The SMILES string of the molecule is COc1ccc(S(=O)(=O)Nc2ccc(C(=O)N3CCN(C)CC3)cc2)cc1NC(C)=O. The van der Waals surface area contributed by atoms with E-state index in [9.17, 15) is 18.0 Å². The summed E-state index contributed by atoms with van der Waals surface area (Å²) in [6.07, 6.45) is 0. The average molecular weight is 447 g/mol. The van der Waals surface area contributed by atoms with E-state index in [1.54, 1.807) is 29.2 Å². The summed E-state index contributed by atoms with van der Waals surface area (Å²) in [5, 5.41) is 2.55. The average Bonchev–Trinajstić information content (AvgIpc) is 2.73. The molecule has 1 aliphatic heterocycles. The van der Waals surface area contributed by atoms with E-state index in [4.69, 9.17) is 4.74 Å². The first-order valence-electron chi connectivity index (χ1n) is 9.76. The van der Waals surface area contributed by atoms with Gasteiger partial charge < -0.3 is 19.9 Å². The Kier molecular flexibility index (Phi) is 6.81. The van der Waals surface area contributed by atoms with Gasteiger partial charge in [0.1, 0.15) is 5.75 Å². The normalized spacial score (nSPS) is 14.7. The zero-order chi connectivity index (χ0) is 22.6. The third-order valence-electron chi connectivity index (χ3n) is 4.97. The van der Waals surface area contributed by atoms with Crippen LogP contribution in [0.5, 0.6) is 5.75 Å². The van der Waals surface area contributed by atoms with Gasteiger partial charge in [-0.05, 0) is 49.5 Å². The Morgan fingerprint density at radius 3 is 2.23 bits per heavy atom. The molecule has 0 spiro atoms. The first-order valence-corrected chi connectivity index (χ1v) is 11.2. The lowest BCUT2D eigenvalue weighted by Gasteiger charge is -2.32. The fraction of sp³-hybridized carbons (Fsp3) is 0.333. The van der Waals surface area contributed by atoms with Crippen molar-refractivity contribution in [3.8, 4) is 5.75 Å². The molecule has 2 aromatic rings. The molecule has 0 aliphatic carbocycles. The molecule has 166 valence electrons. The van der Waals surface area contributed by atoms with Crippen molar-refractivity contribution in [2.24, 2.45) is 0 Å². The molecule has 1 heterocycles. The summed E-state index contributed by atoms with van der Waals surface area (Å²) in [6, 6.07) is 10.5. The van der Waals surface area contributed by atoms with Gasteiger partial charge in [0.25, 0.3) is 15.9 Å². The maximum absolute atomic E-state index is 12.8. The number of hydrogen-bond acceptors (Lipinski definition) is 6. The number of likely N-dealkylation sites (N-methyl/N-ethyl adjacent to an activating group) is 1. The smallest absolute Gasteiger partial charge is 0.261 e. The molecule has 0 saturated carbocycles. The summed E-state index contributed by atoms with van der Waals surface area (Å²) in [6.45, 7) is 4.30. The van der Waals surface area contributed by atoms with E-state index in [2.05, 4.69) is 14.9 Å². The minimum Gasteiger partial charge on any atom is -0.495 e. The molecule has 1 fully saturated rings. The van der Waals surface area contributed by atoms with Gasteiger partial charge in [0.2, 0.25) is 5.91 Å². The highest BCUT2D eigenvalue weighted by atomic mass is 32.2. The third kappa shape index (κ3) is 5.53. The lowest BCUT2D eigenvalue weighted by atomic mass is 10.1. The Bertz CT molecular complexity index is 1060. The molecular weight excluding hydrogens is 420 g/mol. The second-order valence-corrected chi connectivity index (χ2v) is 9.00. The standard InChI is InChI=1S/C21H26N4O5S/c1-15(26)22-19-14-18(8-9-20(19)30-3)31(28,29)23-17-6-4-16(5-7-17)21(27)25-12-10-24(2)11-13-25/h4-9,14,23H,10-13H2,1-3H3,(H,22,26). The number of anilines is 2. The molecule has 2 aromatic carbocycles. The number of nitrogens with one attached hydrogen (secondary N) is 2. The monoisotopic (exact) mass is 446 g/mol. The summed E-state index contributed by atoms with van der Waals surface area (Å²) >= 11 is 0. The van der Waals surface area contributed by atoms with Crippen LogP contribution in [0.4, 0.5) is 11.4 Å². The van der Waals surface area contributed by atoms with Crippen molar-refractivity contribution >= 4 is 33.2 Å². The van der Waals surface area contributed by atoms with Gasteiger partial charge >= 0.3 is 0 Å². The van der Waals surface area contributed by atoms with E-state index in [0.29, 0.717) is 30.1 Å². The number of amides is 2. The predicted octanol–water partition coefficient (Wildman–Crippen LogP) is 1.84. The molecule has 0 bridgehead atoms. The summed E-state index contributed by atoms with van der Waals surface area (Å²) in [4.78, 5) is 27.9. The number of sulfonamides is 1. The zero-order valence-electron chi connectivity index (χ0n) is 17.7. The Morgan fingerprint density at radius 2 is 1.65 bits per heavy atom. The Labute approximate surface area is 182 Å². The molecule has 10 heteroatoms. The summed E-state index contributed by atoms with van der Waals surface area (Å²) < 4.78 is 33.2. The molecular formula is C21H26N4O5S. The van der Waals surface area contributed by atoms with E-state index in [0.717, 1.165) is 13.1 Å². The lowest BCUT2D eigenvalue weighted by molar-refractivity contribution is -0.114. The van der Waals surface area contributed by atoms with E-state index >= 15 is 0 Å². The van der Waals surface area contributed by atoms with Gasteiger partial charge in [0, 0.05) is 44.4 Å². The van der Waals surface area contributed by atoms with Gasteiger partial charge in [-0.15, -0.1) is 0 Å². The van der Waals surface area contributed by atoms with Crippen LogP contribution in [0.3, 0.4) is 0 Å². The first kappa shape index (κ1) is 22.6. The molecule has 2 N–H and O–H groups in total. The van der Waals surface area contributed by atoms with Crippen molar-refractivity contribution in [2.45, 2.75) is 11.8 Å². The van der Waals surface area contributed by atoms with Crippen LogP contribution >= 0.6 is 0 Å². The third-order valence-corrected chi connectivity index (χ3v) is 6.35. The molecule has 1 aliphatic rings. The van der Waals surface area contributed by atoms with Crippen molar-refractivity contribution in [3.05, 3.63) is 48.0 Å². The Morgan fingerprint density at radius 1 is 1.00 bits per heavy atom. The van der Waals surface area contributed by atoms with Crippen molar-refractivity contribution in [1.29, 1.82) is 0 Å². The Balaban J connectivity index is 1.74. The van der Waals surface area contributed by atoms with Crippen LogP contribution in [0.2, 0.25) is 0 Å². The maximum Gasteiger partial charge on any atom is 0.261 e. The molecule has 9 nitrogen and oxygen atoms in total. The fourth-order valence-corrected chi connectivity index (χ4v) is 4.31. The number of piperazine rings is 1. The summed E-state index contributed by atoms with van der Waals surface area (Å²) in [7, 11) is -0.467. The highest BCUT2D eigenvalue weighted by Crippen LogP contribution is 2.28. The van der Waals surface area contributed by atoms with Gasteiger partial charge in [-0.3, -0.25) is 14.3 Å². The van der Waals surface area contributed by atoms with E-state index in [1.807, 2.05) is 7.05 Å². The van der Waals surface area contributed by atoms with Gasteiger partial charge in [0.05, 0.1) is 17.7 Å². The lowest BCUT2D eigenvalue weighted by Crippen LogP contribution is -2.47. The number of benzene rings is 2. The summed E-state index contributed by atoms with van der Waals surface area (Å²) in [5.41, 5.74) is 1.09. The van der Waals surface area contributed by atoms with E-state index < -0.39 is 10.0 Å². The number of carbonyl (C=O) groups is 2. The number of methoxy groups -OCH3 is 1. The molecule has 0 aromatic heterocycles. The molecule has 3 rings (SSSR count). The highest BCUT2D eigenvalue weighted by Gasteiger charge is 2.21. The minimum atomic E-state index is -3.91. The molecule has 0 unspecified atom stereocenters. The van der Waals surface area contributed by atoms with E-state index in [1.165, 1.54) is 32.2 Å². The van der Waals surface area contributed by atoms with Crippen molar-refractivity contribution in [1.82, 2.24) is 9.80 Å². The molecule has 2 amide bonds. The van der Waals surface area contributed by atoms with Crippen molar-refractivity contribution < 1.29 is 22.7 Å². The summed E-state index contributed by atoms with van der Waals surface area (Å²) in [5.74, 6) is -0.0695. The number of nitrogens with zero attached hydrogens (tertiary/aromatic N) is 2. The zero-order valence-corrected chi connectivity index (χ0v) is 18.5. The highest BCUT2D eigenvalue weighted by molar-refractivity contribution is 7.92. The van der Waals surface area contributed by atoms with Crippen LogP contribution < -0.4 is 14.8 Å². The maximum atomic E-state index is 12.8. The second-order valence-electron chi connectivity index (χ2n) is 7.32. The number of carbonyl (C=O) groups excluding carboxylic acids is 2. The second kappa shape index (κ2) is 9.36. The van der Waals surface area contributed by atoms with Gasteiger partial charge in [0.15, 0.2) is 0 Å². The van der Waals surface area contributed by atoms with Crippen LogP contribution in [0, 0.1) is 0 Å². The van der Waals surface area contributed by atoms with Crippen LogP contribution in [-0.4, -0.2) is 70.4 Å². The number of hydrogen-bond donors (Lipinski definition) is 2. The van der Waals surface area contributed by atoms with Gasteiger partial charge in [-0.2, -0.15) is 0 Å². The Hall–Kier alpha value is -3.11. The topological polar surface area (TPSA) is 108 Å². The molecule has 31 heavy (non-hydrogen) atoms. The molecule has 0 radical (unpaired) electrons. The molecule has 1 saturated heterocycles. The first-order chi connectivity index (χ1) is 14.7. The van der Waals surface area contributed by atoms with Crippen molar-refractivity contribution in [3.63, 3.8) is 0 Å². The van der Waals surface area contributed by atoms with Gasteiger partial charge in [-0.1, -0.05) is 0 Å². The van der Waals surface area contributed by atoms with Crippen LogP contribution in [0.25, 0.3) is 0 Å². The van der Waals surface area contributed by atoms with Crippen LogP contribution in [-0.2, 0) is 14.8 Å². The largest absolute Gasteiger partial charge is 0.495 e. The number of rotatable bonds is 6. The number of ether oxygens (including phenoxy) is 1. The van der Waals surface area contributed by atoms with Crippen LogP contribution in [0.1, 0.15) is 17.3 Å². The fourth-order valence-electron chi connectivity index (χ4n) is 3.23.